The van der Waals surface area contributed by atoms with E-state index in [-0.39, 0.29) is 41.7 Å². The number of likely N-dealkylation sites (N-methyl/N-ethyl adjacent to an activating group) is 2. The van der Waals surface area contributed by atoms with Crippen molar-refractivity contribution in [3.63, 3.8) is 0 Å². The van der Waals surface area contributed by atoms with Gasteiger partial charge in [0.05, 0.1) is 25.1 Å². The maximum Gasteiger partial charge on any atom is 0.242 e. The Bertz CT molecular complexity index is 977. The summed E-state index contributed by atoms with van der Waals surface area (Å²) in [6, 6.07) is 9.69. The van der Waals surface area contributed by atoms with E-state index in [1.54, 1.807) is 19.1 Å². The van der Waals surface area contributed by atoms with Gasteiger partial charge in [-0.3, -0.25) is 19.2 Å². The summed E-state index contributed by atoms with van der Waals surface area (Å²) >= 11 is 0. The molecule has 1 aliphatic rings. The summed E-state index contributed by atoms with van der Waals surface area (Å²) in [7, 11) is 7.83. The molecule has 2 rings (SSSR count). The average Bonchev–Trinajstić information content (AvgIpc) is 3.60. The van der Waals surface area contributed by atoms with E-state index in [2.05, 4.69) is 48.9 Å². The van der Waals surface area contributed by atoms with Crippen LogP contribution in [0.25, 0.3) is 0 Å². The average molecular weight is 710 g/mol. The van der Waals surface area contributed by atoms with Crippen molar-refractivity contribution >= 4 is 23.6 Å². The van der Waals surface area contributed by atoms with E-state index >= 15 is 0 Å². The topological polar surface area (TPSA) is 140 Å². The van der Waals surface area contributed by atoms with E-state index in [0.717, 1.165) is 45.8 Å². The normalized spacial score (nSPS) is 14.2. The molecule has 50 heavy (non-hydrogen) atoms. The minimum Gasteiger partial charge on any atom is -0.400 e. The van der Waals surface area contributed by atoms with Crippen molar-refractivity contribution in [1.29, 1.82) is 0 Å². The number of aliphatic hydroxyl groups is 1. The number of hydrogen-bond donors (Lipinski definition) is 4. The molecule has 1 aliphatic heterocycles. The zero-order valence-electron chi connectivity index (χ0n) is 33.8. The number of rotatable bonds is 17. The lowest BCUT2D eigenvalue weighted by Gasteiger charge is -2.30. The fourth-order valence-electron chi connectivity index (χ4n) is 5.15. The number of carbonyl (C=O) groups is 4. The van der Waals surface area contributed by atoms with Crippen LogP contribution in [0, 0.1) is 5.92 Å². The van der Waals surface area contributed by atoms with Gasteiger partial charge in [-0.05, 0) is 51.3 Å². The Hall–Kier alpha value is -3.02. The number of nitrogens with one attached hydrogen (secondary N) is 3. The minimum atomic E-state index is -0.456. The fraction of sp³-hybridized carbons (Fsp3) is 0.744. The predicted molar refractivity (Wildman–Crippen MR) is 207 cm³/mol. The number of aliphatic hydroxyl groups excluding tert-OH is 1. The Morgan fingerprint density at radius 2 is 1.58 bits per heavy atom. The highest BCUT2D eigenvalue weighted by molar-refractivity contribution is 5.88. The van der Waals surface area contributed by atoms with Gasteiger partial charge in [0.15, 0.2) is 0 Å². The zero-order chi connectivity index (χ0) is 38.9. The summed E-state index contributed by atoms with van der Waals surface area (Å²) in [5.74, 6) is -0.00867. The van der Waals surface area contributed by atoms with E-state index in [4.69, 9.17) is 9.84 Å². The molecule has 4 N–H and O–H groups in total. The molecule has 11 nitrogen and oxygen atoms in total. The first-order chi connectivity index (χ1) is 23.9. The Morgan fingerprint density at radius 1 is 0.980 bits per heavy atom. The van der Waals surface area contributed by atoms with Crippen molar-refractivity contribution in [2.24, 2.45) is 5.92 Å². The molecule has 4 amide bonds. The second kappa shape index (κ2) is 34.4. The van der Waals surface area contributed by atoms with Crippen LogP contribution in [0.15, 0.2) is 30.3 Å². The number of likely N-dealkylation sites (tertiary alicyclic amines) is 1. The summed E-state index contributed by atoms with van der Waals surface area (Å²) in [5, 5.41) is 15.2. The van der Waals surface area contributed by atoms with Crippen LogP contribution in [0.4, 0.5) is 0 Å². The smallest absolute Gasteiger partial charge is 0.242 e. The van der Waals surface area contributed by atoms with Gasteiger partial charge >= 0.3 is 0 Å². The summed E-state index contributed by atoms with van der Waals surface area (Å²) in [4.78, 5) is 51.6. The van der Waals surface area contributed by atoms with E-state index in [1.807, 2.05) is 64.9 Å². The number of ether oxygens (including phenoxy) is 1. The van der Waals surface area contributed by atoms with Gasteiger partial charge in [-0.1, -0.05) is 104 Å². The molecule has 1 aromatic rings. The van der Waals surface area contributed by atoms with Gasteiger partial charge in [-0.15, -0.1) is 0 Å². The predicted octanol–water partition coefficient (Wildman–Crippen LogP) is 5.20. The van der Waals surface area contributed by atoms with Crippen LogP contribution in [0.5, 0.6) is 0 Å². The zero-order valence-corrected chi connectivity index (χ0v) is 33.8. The first kappa shape index (κ1) is 51.4. The van der Waals surface area contributed by atoms with Gasteiger partial charge in [0, 0.05) is 40.8 Å². The largest absolute Gasteiger partial charge is 0.400 e. The van der Waals surface area contributed by atoms with Gasteiger partial charge in [-0.25, -0.2) is 0 Å². The molecular weight excluding hydrogens is 634 g/mol. The molecule has 1 saturated heterocycles. The van der Waals surface area contributed by atoms with Crippen LogP contribution in [-0.4, -0.2) is 112 Å². The van der Waals surface area contributed by atoms with E-state index in [1.165, 1.54) is 24.8 Å². The molecule has 3 unspecified atom stereocenters. The number of nitrogens with zero attached hydrogens (tertiary/aromatic N) is 2. The highest BCUT2D eigenvalue weighted by Gasteiger charge is 2.35. The molecule has 3 atom stereocenters. The number of amides is 4. The molecule has 11 heteroatoms. The number of unbranched alkanes of at least 4 members (excludes halogenated alkanes) is 3. The molecule has 292 valence electrons. The van der Waals surface area contributed by atoms with Crippen molar-refractivity contribution in [2.45, 2.75) is 131 Å². The Kier molecular flexibility index (Phi) is 35.4. The third kappa shape index (κ3) is 25.0. The number of hydrogen-bond acceptors (Lipinski definition) is 7. The first-order valence-electron chi connectivity index (χ1n) is 18.7. The van der Waals surface area contributed by atoms with Crippen LogP contribution >= 0.6 is 0 Å². The Balaban J connectivity index is -0.000000847. The van der Waals surface area contributed by atoms with E-state index < -0.39 is 6.04 Å². The van der Waals surface area contributed by atoms with Gasteiger partial charge < -0.3 is 35.6 Å². The summed E-state index contributed by atoms with van der Waals surface area (Å²) in [6.45, 7) is 15.9. The molecule has 0 saturated carbocycles. The SMILES string of the molecule is CC.CCC.CCCCCCC(=O)N1CCCC1C(CC(=O)NCCc1ccccc1)OC.CNC(=O)C(NC(=O)CN(C)C)C(C)C.CO. The third-order valence-electron chi connectivity index (χ3n) is 7.53. The van der Waals surface area contributed by atoms with Crippen LogP contribution < -0.4 is 16.0 Å². The fourth-order valence-corrected chi connectivity index (χ4v) is 5.15. The maximum absolute atomic E-state index is 12.6. The van der Waals surface area contributed by atoms with Crippen molar-refractivity contribution in [1.82, 2.24) is 25.8 Å². The van der Waals surface area contributed by atoms with E-state index in [9.17, 15) is 19.2 Å². The number of methoxy groups -OCH3 is 1. The Morgan fingerprint density at radius 3 is 2.08 bits per heavy atom. The van der Waals surface area contributed by atoms with Gasteiger partial charge in [0.1, 0.15) is 6.04 Å². The molecule has 1 aromatic carbocycles. The van der Waals surface area contributed by atoms with Crippen LogP contribution in [0.3, 0.4) is 0 Å². The van der Waals surface area contributed by atoms with Crippen molar-refractivity contribution < 1.29 is 29.0 Å². The third-order valence-corrected chi connectivity index (χ3v) is 7.53. The monoisotopic (exact) mass is 710 g/mol. The molecule has 0 radical (unpaired) electrons. The molecule has 0 aliphatic carbocycles. The highest BCUT2D eigenvalue weighted by Crippen LogP contribution is 2.25. The number of benzene rings is 1. The molecule has 0 aromatic heterocycles. The lowest BCUT2D eigenvalue weighted by Crippen LogP contribution is -2.50. The highest BCUT2D eigenvalue weighted by atomic mass is 16.5. The summed E-state index contributed by atoms with van der Waals surface area (Å²) < 4.78 is 5.64. The quantitative estimate of drug-likeness (QED) is 0.163. The van der Waals surface area contributed by atoms with Crippen LogP contribution in [-0.2, 0) is 30.3 Å². The summed E-state index contributed by atoms with van der Waals surface area (Å²) in [5.41, 5.74) is 1.21. The van der Waals surface area contributed by atoms with Gasteiger partial charge in [-0.2, -0.15) is 0 Å². The lowest BCUT2D eigenvalue weighted by atomic mass is 10.0. The maximum atomic E-state index is 12.6. The van der Waals surface area contributed by atoms with E-state index in [0.29, 0.717) is 25.9 Å². The molecule has 0 spiro atoms. The van der Waals surface area contributed by atoms with Crippen molar-refractivity contribution in [3.8, 4) is 0 Å². The Labute approximate surface area is 305 Å². The lowest BCUT2D eigenvalue weighted by molar-refractivity contribution is -0.136. The van der Waals surface area contributed by atoms with Crippen LogP contribution in [0.1, 0.15) is 112 Å². The van der Waals surface area contributed by atoms with Crippen molar-refractivity contribution in [3.05, 3.63) is 35.9 Å². The van der Waals surface area contributed by atoms with Crippen LogP contribution in [0.2, 0.25) is 0 Å². The van der Waals surface area contributed by atoms with Gasteiger partial charge in [0.25, 0.3) is 0 Å². The standard InChI is InChI=1S/C23H36N2O3.C10H21N3O2.C3H8.C2H6.CH4O/c1-3-4-5-9-14-23(27)25-17-10-13-20(25)21(28-2)18-22(26)24-16-15-19-11-7-6-8-12-19;1-7(2)9(10(15)11-3)12-8(14)6-13(4)5;1-3-2;2*1-2/h6-8,11-12,20-21H,3-5,9-10,13-18H2,1-2H3,(H,24,26);7,9H,6H2,1-5H3,(H,11,15)(H,12,14);3H2,1-2H3;1-2H3;2H,1H3. The second-order valence-electron chi connectivity index (χ2n) is 12.5. The van der Waals surface area contributed by atoms with Gasteiger partial charge in [0.2, 0.25) is 23.6 Å². The van der Waals surface area contributed by atoms with Crippen molar-refractivity contribution in [2.75, 3.05) is 55.0 Å². The molecule has 0 bridgehead atoms. The minimum absolute atomic E-state index is 0.00924. The second-order valence-corrected chi connectivity index (χ2v) is 12.5. The summed E-state index contributed by atoms with van der Waals surface area (Å²) in [6.07, 6.45) is 9.05. The number of carbonyl (C=O) groups excluding carboxylic acids is 4. The molecule has 1 heterocycles. The first-order valence-corrected chi connectivity index (χ1v) is 18.7. The molecule has 1 fully saturated rings. The molecular formula is C39H75N5O6.